The number of ether oxygens (including phenoxy) is 1. The summed E-state index contributed by atoms with van der Waals surface area (Å²) in [5.74, 6) is -0.969. The third kappa shape index (κ3) is 4.42. The lowest BCUT2D eigenvalue weighted by atomic mass is 10.1. The van der Waals surface area contributed by atoms with E-state index in [1.165, 1.54) is 0 Å². The summed E-state index contributed by atoms with van der Waals surface area (Å²) in [7, 11) is 0. The summed E-state index contributed by atoms with van der Waals surface area (Å²) in [6.45, 7) is -0.386. The van der Waals surface area contributed by atoms with Gasteiger partial charge in [0.25, 0.3) is 11.6 Å². The maximum absolute atomic E-state index is 13.7. The largest absolute Gasteiger partial charge is 0.483 e. The number of nitro benzene ring substituents is 1. The van der Waals surface area contributed by atoms with E-state index in [0.29, 0.717) is 10.2 Å². The number of nitrogens with zero attached hydrogens (tertiary/aromatic N) is 1. The second-order valence-electron chi connectivity index (χ2n) is 5.50. The fourth-order valence-electron chi connectivity index (χ4n) is 2.41. The van der Waals surface area contributed by atoms with Gasteiger partial charge in [0, 0.05) is 16.6 Å². The van der Waals surface area contributed by atoms with Crippen molar-refractivity contribution >= 4 is 59.9 Å². The fourth-order valence-corrected chi connectivity index (χ4v) is 3.39. The highest BCUT2D eigenvalue weighted by molar-refractivity contribution is 9.11. The normalized spacial score (nSPS) is 10.6. The lowest BCUT2D eigenvalue weighted by Gasteiger charge is -2.11. The van der Waals surface area contributed by atoms with Crippen molar-refractivity contribution in [2.45, 2.75) is 0 Å². The van der Waals surface area contributed by atoms with E-state index in [1.54, 1.807) is 6.07 Å². The average Bonchev–Trinajstić information content (AvgIpc) is 2.62. The smallest absolute Gasteiger partial charge is 0.271 e. The molecule has 0 bridgehead atoms. The highest BCUT2D eigenvalue weighted by atomic mass is 79.9. The molecule has 9 heteroatoms. The monoisotopic (exact) mass is 496 g/mol. The van der Waals surface area contributed by atoms with Crippen molar-refractivity contribution in [1.82, 2.24) is 0 Å². The number of fused-ring (bicyclic) bond motifs is 1. The maximum Gasteiger partial charge on any atom is 0.271 e. The molecule has 0 unspecified atom stereocenters. The van der Waals surface area contributed by atoms with Crippen LogP contribution in [-0.4, -0.2) is 17.4 Å². The zero-order chi connectivity index (χ0) is 19.6. The predicted octanol–water partition coefficient (Wildman–Crippen LogP) is 5.43. The molecule has 0 aliphatic rings. The Morgan fingerprint density at radius 1 is 1.15 bits per heavy atom. The quantitative estimate of drug-likeness (QED) is 0.376. The third-order valence-corrected chi connectivity index (χ3v) is 4.99. The van der Waals surface area contributed by atoms with Crippen LogP contribution in [0.25, 0.3) is 10.8 Å². The van der Waals surface area contributed by atoms with Crippen LogP contribution in [0.3, 0.4) is 0 Å². The van der Waals surface area contributed by atoms with Crippen LogP contribution < -0.4 is 10.1 Å². The zero-order valence-corrected chi connectivity index (χ0v) is 16.7. The van der Waals surface area contributed by atoms with Crippen LogP contribution in [-0.2, 0) is 4.79 Å². The minimum Gasteiger partial charge on any atom is -0.483 e. The molecule has 1 N–H and O–H groups in total. The summed E-state index contributed by atoms with van der Waals surface area (Å²) in [5, 5.41) is 14.9. The van der Waals surface area contributed by atoms with Crippen molar-refractivity contribution in [3.63, 3.8) is 0 Å². The molecule has 0 spiro atoms. The molecule has 1 amide bonds. The number of nitro groups is 1. The van der Waals surface area contributed by atoms with E-state index in [-0.39, 0.29) is 18.0 Å². The topological polar surface area (TPSA) is 81.5 Å². The first-order chi connectivity index (χ1) is 12.8. The van der Waals surface area contributed by atoms with Gasteiger partial charge < -0.3 is 10.1 Å². The number of benzene rings is 3. The van der Waals surface area contributed by atoms with E-state index in [4.69, 9.17) is 4.74 Å². The van der Waals surface area contributed by atoms with Crippen LogP contribution in [0.5, 0.6) is 5.75 Å². The van der Waals surface area contributed by atoms with Gasteiger partial charge in [-0.2, -0.15) is 0 Å². The van der Waals surface area contributed by atoms with Crippen molar-refractivity contribution < 1.29 is 18.8 Å². The van der Waals surface area contributed by atoms with E-state index in [9.17, 15) is 19.3 Å². The van der Waals surface area contributed by atoms with Gasteiger partial charge in [0.1, 0.15) is 11.6 Å². The van der Waals surface area contributed by atoms with Crippen LogP contribution in [0.1, 0.15) is 0 Å². The molecule has 3 aromatic carbocycles. The van der Waals surface area contributed by atoms with Crippen molar-refractivity contribution in [1.29, 1.82) is 0 Å². The number of non-ortho nitro benzene ring substituents is 1. The molecule has 0 aliphatic heterocycles. The number of hydrogen-bond donors (Lipinski definition) is 1. The highest BCUT2D eigenvalue weighted by Crippen LogP contribution is 2.34. The summed E-state index contributed by atoms with van der Waals surface area (Å²) in [6.07, 6.45) is 0. The first kappa shape index (κ1) is 19.2. The third-order valence-electron chi connectivity index (χ3n) is 3.67. The summed E-state index contributed by atoms with van der Waals surface area (Å²) in [4.78, 5) is 22.1. The highest BCUT2D eigenvalue weighted by Gasteiger charge is 2.14. The Labute approximate surface area is 169 Å². The van der Waals surface area contributed by atoms with Gasteiger partial charge in [-0.05, 0) is 51.0 Å². The lowest BCUT2D eigenvalue weighted by Crippen LogP contribution is -2.21. The molecule has 0 fully saturated rings. The Balaban J connectivity index is 1.72. The lowest BCUT2D eigenvalue weighted by molar-refractivity contribution is -0.384. The number of halogens is 3. The van der Waals surface area contributed by atoms with E-state index >= 15 is 0 Å². The molecular weight excluding hydrogens is 487 g/mol. The molecule has 0 saturated heterocycles. The Morgan fingerprint density at radius 3 is 2.67 bits per heavy atom. The molecule has 0 saturated carbocycles. The summed E-state index contributed by atoms with van der Waals surface area (Å²) < 4.78 is 20.9. The number of carbonyl (C=O) groups excluding carboxylic acids is 1. The number of rotatable bonds is 5. The first-order valence-electron chi connectivity index (χ1n) is 7.59. The number of anilines is 1. The molecule has 27 heavy (non-hydrogen) atoms. The minimum atomic E-state index is -0.772. The van der Waals surface area contributed by atoms with E-state index in [2.05, 4.69) is 37.2 Å². The van der Waals surface area contributed by atoms with Crippen LogP contribution >= 0.6 is 31.9 Å². The molecule has 138 valence electrons. The summed E-state index contributed by atoms with van der Waals surface area (Å²) in [5.41, 5.74) is -0.601. The van der Waals surface area contributed by atoms with Crippen molar-refractivity contribution in [2.24, 2.45) is 0 Å². The Kier molecular flexibility index (Phi) is 5.71. The van der Waals surface area contributed by atoms with Crippen LogP contribution in [0.2, 0.25) is 0 Å². The van der Waals surface area contributed by atoms with Gasteiger partial charge >= 0.3 is 0 Å². The first-order valence-corrected chi connectivity index (χ1v) is 9.18. The number of carbonyl (C=O) groups is 1. The Bertz CT molecular complexity index is 1060. The number of nitrogens with one attached hydrogen (secondary N) is 1. The van der Waals surface area contributed by atoms with Gasteiger partial charge in [-0.1, -0.05) is 28.1 Å². The minimum absolute atomic E-state index is 0.278. The molecule has 3 aromatic rings. The average molecular weight is 498 g/mol. The molecule has 0 aliphatic carbocycles. The molecule has 0 radical (unpaired) electrons. The van der Waals surface area contributed by atoms with E-state index in [0.717, 1.165) is 33.4 Å². The molecular formula is C18H11Br2FN2O4. The summed E-state index contributed by atoms with van der Waals surface area (Å²) in [6, 6.07) is 12.2. The van der Waals surface area contributed by atoms with E-state index < -0.39 is 16.6 Å². The molecule has 0 heterocycles. The van der Waals surface area contributed by atoms with Gasteiger partial charge in [0.05, 0.1) is 15.1 Å². The molecule has 0 atom stereocenters. The van der Waals surface area contributed by atoms with Crippen LogP contribution in [0.15, 0.2) is 57.5 Å². The van der Waals surface area contributed by atoms with Gasteiger partial charge in [-0.25, -0.2) is 4.39 Å². The maximum atomic E-state index is 13.7. The Morgan fingerprint density at radius 2 is 1.93 bits per heavy atom. The second kappa shape index (κ2) is 8.01. The zero-order valence-electron chi connectivity index (χ0n) is 13.5. The standard InChI is InChI=1S/C18H11Br2FN2O4/c19-11-2-4-13-10(7-11)1-6-16(18(13)20)27-9-17(24)22-15-8-12(23(25)26)3-5-14(15)21/h1-8H,9H2,(H,22,24). The fraction of sp³-hybridized carbons (Fsp3) is 0.0556. The van der Waals surface area contributed by atoms with Gasteiger partial charge in [-0.15, -0.1) is 0 Å². The Hall–Kier alpha value is -2.52. The summed E-state index contributed by atoms with van der Waals surface area (Å²) >= 11 is 6.86. The molecule has 3 rings (SSSR count). The van der Waals surface area contributed by atoms with Gasteiger partial charge in [0.2, 0.25) is 0 Å². The molecule has 6 nitrogen and oxygen atoms in total. The second-order valence-corrected chi connectivity index (χ2v) is 7.21. The molecule has 0 aromatic heterocycles. The van der Waals surface area contributed by atoms with Gasteiger partial charge in [-0.3, -0.25) is 14.9 Å². The number of amides is 1. The van der Waals surface area contributed by atoms with Crippen molar-refractivity contribution in [2.75, 3.05) is 11.9 Å². The predicted molar refractivity (Wildman–Crippen MR) is 107 cm³/mol. The SMILES string of the molecule is O=C(COc1ccc2cc(Br)ccc2c1Br)Nc1cc([N+](=O)[O-])ccc1F. The van der Waals surface area contributed by atoms with Crippen LogP contribution in [0, 0.1) is 15.9 Å². The van der Waals surface area contributed by atoms with Crippen molar-refractivity contribution in [3.05, 3.63) is 73.4 Å². The van der Waals surface area contributed by atoms with E-state index in [1.807, 2.05) is 24.3 Å². The van der Waals surface area contributed by atoms with Gasteiger partial charge in [0.15, 0.2) is 6.61 Å². The van der Waals surface area contributed by atoms with Crippen molar-refractivity contribution in [3.8, 4) is 5.75 Å². The van der Waals surface area contributed by atoms with Crippen LogP contribution in [0.4, 0.5) is 15.8 Å². The number of hydrogen-bond acceptors (Lipinski definition) is 4.